The maximum absolute atomic E-state index is 10.7. The van der Waals surface area contributed by atoms with E-state index in [1.54, 1.807) is 18.2 Å². The molecule has 0 aromatic heterocycles. The van der Waals surface area contributed by atoms with Crippen LogP contribution in [0.15, 0.2) is 18.2 Å². The Kier molecular flexibility index (Phi) is 2.95. The van der Waals surface area contributed by atoms with Crippen LogP contribution in [0, 0.1) is 5.21 Å². The van der Waals surface area contributed by atoms with Gasteiger partial charge in [-0.25, -0.2) is 4.74 Å². The van der Waals surface area contributed by atoms with Gasteiger partial charge in [-0.05, 0) is 12.1 Å². The van der Waals surface area contributed by atoms with Crippen molar-refractivity contribution in [3.05, 3.63) is 39.0 Å². The van der Waals surface area contributed by atoms with Crippen molar-refractivity contribution in [1.82, 2.24) is 0 Å². The fourth-order valence-corrected chi connectivity index (χ4v) is 1.31. The highest BCUT2D eigenvalue weighted by Crippen LogP contribution is 2.21. The third-order valence-electron chi connectivity index (χ3n) is 1.31. The molecule has 0 fully saturated rings. The molecule has 0 aliphatic carbocycles. The Morgan fingerprint density at radius 1 is 1.33 bits per heavy atom. The lowest BCUT2D eigenvalue weighted by Crippen LogP contribution is -1.98. The van der Waals surface area contributed by atoms with Crippen LogP contribution in [0.4, 0.5) is 0 Å². The number of hydroxylamine groups is 1. The minimum Gasteiger partial charge on any atom is -0.624 e. The van der Waals surface area contributed by atoms with Gasteiger partial charge in [-0.3, -0.25) is 0 Å². The van der Waals surface area contributed by atoms with E-state index in [9.17, 15) is 5.21 Å². The van der Waals surface area contributed by atoms with Crippen molar-refractivity contribution in [1.29, 1.82) is 0 Å². The molecule has 0 amide bonds. The Morgan fingerprint density at radius 3 is 2.25 bits per heavy atom. The van der Waals surface area contributed by atoms with Crippen LogP contribution in [-0.4, -0.2) is 18.0 Å². The van der Waals surface area contributed by atoms with Crippen LogP contribution in [0.1, 0.15) is 5.56 Å². The number of rotatable bonds is 1. The Morgan fingerprint density at radius 2 is 1.83 bits per heavy atom. The molecule has 1 rings (SSSR count). The molecule has 0 N–H and O–H groups in total. The minimum atomic E-state index is 0.477. The van der Waals surface area contributed by atoms with Crippen molar-refractivity contribution in [2.75, 3.05) is 7.05 Å². The van der Waals surface area contributed by atoms with Crippen LogP contribution in [-0.2, 0) is 0 Å². The molecule has 0 aliphatic rings. The van der Waals surface area contributed by atoms with Crippen LogP contribution in [0.25, 0.3) is 0 Å². The summed E-state index contributed by atoms with van der Waals surface area (Å²) < 4.78 is 0.660. The van der Waals surface area contributed by atoms with E-state index in [4.69, 9.17) is 23.2 Å². The number of hydrogen-bond acceptors (Lipinski definition) is 1. The van der Waals surface area contributed by atoms with Crippen molar-refractivity contribution >= 4 is 29.4 Å². The van der Waals surface area contributed by atoms with Crippen LogP contribution in [0.5, 0.6) is 0 Å². The third-order valence-corrected chi connectivity index (χ3v) is 1.97. The Labute approximate surface area is 80.6 Å². The van der Waals surface area contributed by atoms with Crippen molar-refractivity contribution in [2.24, 2.45) is 0 Å². The van der Waals surface area contributed by atoms with Gasteiger partial charge in [0.1, 0.15) is 7.05 Å². The smallest absolute Gasteiger partial charge is 0.184 e. The number of hydrogen-bond donors (Lipinski definition) is 0. The molecule has 0 heterocycles. The van der Waals surface area contributed by atoms with Gasteiger partial charge < -0.3 is 5.21 Å². The fourth-order valence-electron chi connectivity index (χ4n) is 0.816. The van der Waals surface area contributed by atoms with E-state index in [1.807, 2.05) is 0 Å². The summed E-state index contributed by atoms with van der Waals surface area (Å²) in [6.45, 7) is 0. The standard InChI is InChI=1S/C8H7Cl2NO/c1-11(12)5-6-7(9)3-2-4-8(6)10/h2-5H,1H3/b11-5-. The topological polar surface area (TPSA) is 26.1 Å². The first-order valence-electron chi connectivity index (χ1n) is 3.30. The van der Waals surface area contributed by atoms with Crippen molar-refractivity contribution in [3.63, 3.8) is 0 Å². The average molecular weight is 204 g/mol. The summed E-state index contributed by atoms with van der Waals surface area (Å²) in [5.41, 5.74) is 0.554. The molecule has 4 heteroatoms. The maximum atomic E-state index is 10.7. The van der Waals surface area contributed by atoms with Gasteiger partial charge in [-0.15, -0.1) is 0 Å². The average Bonchev–Trinajstić information content (AvgIpc) is 1.97. The minimum absolute atomic E-state index is 0.477. The molecule has 12 heavy (non-hydrogen) atoms. The number of halogens is 2. The lowest BCUT2D eigenvalue weighted by atomic mass is 10.2. The summed E-state index contributed by atoms with van der Waals surface area (Å²) in [7, 11) is 1.37. The van der Waals surface area contributed by atoms with E-state index < -0.39 is 0 Å². The summed E-state index contributed by atoms with van der Waals surface area (Å²) in [6.07, 6.45) is 1.34. The molecular formula is C8H7Cl2NO. The second kappa shape index (κ2) is 3.78. The fraction of sp³-hybridized carbons (Fsp3) is 0.125. The lowest BCUT2D eigenvalue weighted by molar-refractivity contribution is -0.416. The number of nitrogens with zero attached hydrogens (tertiary/aromatic N) is 1. The van der Waals surface area contributed by atoms with E-state index in [-0.39, 0.29) is 0 Å². The predicted octanol–water partition coefficient (Wildman–Crippen LogP) is 2.55. The van der Waals surface area contributed by atoms with Gasteiger partial charge in [0.25, 0.3) is 0 Å². The van der Waals surface area contributed by atoms with Crippen LogP contribution in [0.2, 0.25) is 10.0 Å². The third kappa shape index (κ3) is 2.13. The van der Waals surface area contributed by atoms with Crippen molar-refractivity contribution < 1.29 is 4.74 Å². The van der Waals surface area contributed by atoms with Gasteiger partial charge >= 0.3 is 0 Å². The molecule has 64 valence electrons. The molecule has 1 aromatic rings. The Bertz CT molecular complexity index is 299. The molecule has 2 nitrogen and oxygen atoms in total. The second-order valence-corrected chi connectivity index (χ2v) is 3.13. The first kappa shape index (κ1) is 9.36. The van der Waals surface area contributed by atoms with E-state index in [1.165, 1.54) is 13.3 Å². The Hall–Kier alpha value is -0.730. The molecule has 0 bridgehead atoms. The largest absolute Gasteiger partial charge is 0.624 e. The molecule has 0 aliphatic heterocycles. The molecule has 1 aromatic carbocycles. The molecule has 0 saturated carbocycles. The van der Waals surface area contributed by atoms with Crippen LogP contribution < -0.4 is 0 Å². The van der Waals surface area contributed by atoms with Crippen LogP contribution >= 0.6 is 23.2 Å². The highest BCUT2D eigenvalue weighted by molar-refractivity contribution is 6.38. The molecule has 0 spiro atoms. The zero-order valence-corrected chi connectivity index (χ0v) is 7.93. The zero-order valence-electron chi connectivity index (χ0n) is 6.42. The van der Waals surface area contributed by atoms with Gasteiger partial charge in [0.2, 0.25) is 0 Å². The first-order valence-corrected chi connectivity index (χ1v) is 4.05. The highest BCUT2D eigenvalue weighted by atomic mass is 35.5. The van der Waals surface area contributed by atoms with Crippen molar-refractivity contribution in [2.45, 2.75) is 0 Å². The van der Waals surface area contributed by atoms with Gasteiger partial charge in [-0.1, -0.05) is 29.3 Å². The Balaban J connectivity index is 3.22. The zero-order chi connectivity index (χ0) is 9.14. The maximum Gasteiger partial charge on any atom is 0.184 e. The molecule has 0 atom stereocenters. The van der Waals surface area contributed by atoms with E-state index in [2.05, 4.69) is 0 Å². The SMILES string of the molecule is C/[N+]([O-])=C/c1c(Cl)cccc1Cl. The van der Waals surface area contributed by atoms with Crippen molar-refractivity contribution in [3.8, 4) is 0 Å². The van der Waals surface area contributed by atoms with Gasteiger partial charge in [0, 0.05) is 0 Å². The van der Waals surface area contributed by atoms with E-state index in [0.29, 0.717) is 20.3 Å². The van der Waals surface area contributed by atoms with Gasteiger partial charge in [-0.2, -0.15) is 0 Å². The summed E-state index contributed by atoms with van der Waals surface area (Å²) in [6, 6.07) is 5.10. The van der Waals surface area contributed by atoms with Crippen LogP contribution in [0.3, 0.4) is 0 Å². The number of benzene rings is 1. The molecule has 0 saturated heterocycles. The van der Waals surface area contributed by atoms with E-state index >= 15 is 0 Å². The monoisotopic (exact) mass is 203 g/mol. The molecule has 0 unspecified atom stereocenters. The predicted molar refractivity (Wildman–Crippen MR) is 51.2 cm³/mol. The summed E-state index contributed by atoms with van der Waals surface area (Å²) in [4.78, 5) is 0. The quantitative estimate of drug-likeness (QED) is 0.298. The van der Waals surface area contributed by atoms with Gasteiger partial charge in [0.05, 0.1) is 15.6 Å². The molecule has 0 radical (unpaired) electrons. The van der Waals surface area contributed by atoms with E-state index in [0.717, 1.165) is 0 Å². The highest BCUT2D eigenvalue weighted by Gasteiger charge is 2.04. The molecular weight excluding hydrogens is 197 g/mol. The van der Waals surface area contributed by atoms with Gasteiger partial charge in [0.15, 0.2) is 6.21 Å². The summed E-state index contributed by atoms with van der Waals surface area (Å²) >= 11 is 11.6. The summed E-state index contributed by atoms with van der Waals surface area (Å²) in [5, 5.41) is 11.6. The lowest BCUT2D eigenvalue weighted by Gasteiger charge is -2.00. The first-order chi connectivity index (χ1) is 5.61. The second-order valence-electron chi connectivity index (χ2n) is 2.31. The summed E-state index contributed by atoms with van der Waals surface area (Å²) in [5.74, 6) is 0. The normalized spacial score (nSPS) is 11.8.